The first-order chi connectivity index (χ1) is 9.70. The summed E-state index contributed by atoms with van der Waals surface area (Å²) < 4.78 is 33.7. The number of hydrogen-bond acceptors (Lipinski definition) is 6. The zero-order chi connectivity index (χ0) is 16.1. The van der Waals surface area contributed by atoms with Gasteiger partial charge in [0.15, 0.2) is 0 Å². The topological polar surface area (TPSA) is 126 Å². The highest BCUT2D eigenvalue weighted by Gasteiger charge is 2.62. The maximum absolute atomic E-state index is 12.2. The largest absolute Gasteiger partial charge is 0.372 e. The van der Waals surface area contributed by atoms with Crippen LogP contribution in [0.3, 0.4) is 0 Å². The van der Waals surface area contributed by atoms with E-state index in [9.17, 15) is 24.0 Å². The predicted molar refractivity (Wildman–Crippen MR) is 75.8 cm³/mol. The molecule has 1 rings (SSSR count). The number of pyridine rings is 1. The van der Waals surface area contributed by atoms with Gasteiger partial charge in [-0.25, -0.2) is 0 Å². The Morgan fingerprint density at radius 3 is 2.10 bits per heavy atom. The summed E-state index contributed by atoms with van der Waals surface area (Å²) in [5.41, 5.74) is 0.294. The summed E-state index contributed by atoms with van der Waals surface area (Å²) in [6.45, 7) is 2.43. The van der Waals surface area contributed by atoms with E-state index in [1.54, 1.807) is 0 Å². The molecule has 3 N–H and O–H groups in total. The van der Waals surface area contributed by atoms with Gasteiger partial charge in [-0.2, -0.15) is 0 Å². The maximum atomic E-state index is 12.2. The molecular formula is C11H19NO7P2. The molecule has 0 saturated heterocycles. The van der Waals surface area contributed by atoms with Crippen molar-refractivity contribution in [1.29, 1.82) is 0 Å². The van der Waals surface area contributed by atoms with Crippen LogP contribution in [0.5, 0.6) is 0 Å². The second-order valence-electron chi connectivity index (χ2n) is 4.19. The predicted octanol–water partition coefficient (Wildman–Crippen LogP) is 1.71. The van der Waals surface area contributed by atoms with Gasteiger partial charge in [-0.05, 0) is 25.5 Å². The van der Waals surface area contributed by atoms with Gasteiger partial charge in [-0.3, -0.25) is 14.1 Å². The molecule has 0 fully saturated rings. The molecule has 0 aliphatic heterocycles. The Labute approximate surface area is 122 Å². The molecule has 0 aliphatic carbocycles. The van der Waals surface area contributed by atoms with Crippen LogP contribution in [-0.4, -0.2) is 38.2 Å². The highest BCUT2D eigenvalue weighted by atomic mass is 31.2. The monoisotopic (exact) mass is 339 g/mol. The van der Waals surface area contributed by atoms with Crippen LogP contribution >= 0.6 is 15.2 Å². The highest BCUT2D eigenvalue weighted by Crippen LogP contribution is 2.73. The molecule has 0 aliphatic rings. The number of nitrogens with zero attached hydrogens (tertiary/aromatic N) is 1. The van der Waals surface area contributed by atoms with Crippen LogP contribution in [0.15, 0.2) is 24.5 Å². The molecule has 1 heterocycles. The third-order valence-corrected chi connectivity index (χ3v) is 7.54. The zero-order valence-electron chi connectivity index (χ0n) is 11.7. The molecule has 2 unspecified atom stereocenters. The first-order valence-electron chi connectivity index (χ1n) is 6.26. The summed E-state index contributed by atoms with van der Waals surface area (Å²) >= 11 is 0. The third-order valence-electron chi connectivity index (χ3n) is 2.68. The van der Waals surface area contributed by atoms with Crippen molar-refractivity contribution >= 4 is 15.2 Å². The van der Waals surface area contributed by atoms with E-state index in [2.05, 4.69) is 14.0 Å². The number of aromatic nitrogens is 1. The van der Waals surface area contributed by atoms with Gasteiger partial charge < -0.3 is 23.9 Å². The van der Waals surface area contributed by atoms with Gasteiger partial charge in [0.25, 0.3) is 5.08 Å². The Hall–Kier alpha value is -0.590. The Morgan fingerprint density at radius 2 is 1.71 bits per heavy atom. The van der Waals surface area contributed by atoms with Crippen molar-refractivity contribution in [3.8, 4) is 0 Å². The lowest BCUT2D eigenvalue weighted by Gasteiger charge is -2.33. The average Bonchev–Trinajstić information content (AvgIpc) is 2.39. The molecular weight excluding hydrogens is 320 g/mol. The third kappa shape index (κ3) is 3.99. The normalized spacial score (nSPS) is 20.2. The van der Waals surface area contributed by atoms with Crippen molar-refractivity contribution in [2.75, 3.05) is 13.2 Å². The fourth-order valence-corrected chi connectivity index (χ4v) is 5.20. The molecule has 10 heteroatoms. The minimum atomic E-state index is -4.84. The molecule has 1 aromatic rings. The molecule has 8 nitrogen and oxygen atoms in total. The van der Waals surface area contributed by atoms with Crippen LogP contribution in [0.2, 0.25) is 0 Å². The van der Waals surface area contributed by atoms with Crippen LogP contribution in [0.4, 0.5) is 0 Å². The maximum Gasteiger partial charge on any atom is 0.372 e. The Kier molecular flexibility index (Phi) is 6.25. The quantitative estimate of drug-likeness (QED) is 0.611. The molecule has 0 radical (unpaired) electrons. The van der Waals surface area contributed by atoms with Gasteiger partial charge in [0.1, 0.15) is 0 Å². The minimum Gasteiger partial charge on any atom is -0.367 e. The van der Waals surface area contributed by atoms with Crippen LogP contribution in [0, 0.1) is 0 Å². The fraction of sp³-hybridized carbons (Fsp3) is 0.545. The number of aliphatic hydroxyl groups is 1. The second-order valence-corrected chi connectivity index (χ2v) is 8.62. The smallest absolute Gasteiger partial charge is 0.367 e. The van der Waals surface area contributed by atoms with Crippen LogP contribution in [0.25, 0.3) is 0 Å². The van der Waals surface area contributed by atoms with Gasteiger partial charge in [0, 0.05) is 18.8 Å². The van der Waals surface area contributed by atoms with Crippen LogP contribution in [0.1, 0.15) is 19.4 Å². The van der Waals surface area contributed by atoms with E-state index in [1.807, 2.05) is 0 Å². The molecule has 21 heavy (non-hydrogen) atoms. The zero-order valence-corrected chi connectivity index (χ0v) is 13.5. The van der Waals surface area contributed by atoms with E-state index >= 15 is 0 Å². The Bertz CT molecular complexity index is 525. The Balaban J connectivity index is 3.29. The SMILES string of the molecule is CCOP(=O)(O)C(O)(Cc1cccnc1)P(=O)(O)OCC. The molecule has 120 valence electrons. The fourth-order valence-electron chi connectivity index (χ4n) is 1.69. The lowest BCUT2D eigenvalue weighted by atomic mass is 10.2. The van der Waals surface area contributed by atoms with Crippen LogP contribution < -0.4 is 0 Å². The summed E-state index contributed by atoms with van der Waals surface area (Å²) in [6, 6.07) is 3.03. The Morgan fingerprint density at radius 1 is 1.19 bits per heavy atom. The first-order valence-corrected chi connectivity index (χ1v) is 9.42. The summed E-state index contributed by atoms with van der Waals surface area (Å²) in [5.74, 6) is 0. The van der Waals surface area contributed by atoms with E-state index in [0.717, 1.165) is 0 Å². The van der Waals surface area contributed by atoms with Crippen molar-refractivity contribution in [2.24, 2.45) is 0 Å². The number of hydrogen-bond donors (Lipinski definition) is 3. The minimum absolute atomic E-state index is 0.213. The molecule has 0 aromatic carbocycles. The summed E-state index contributed by atoms with van der Waals surface area (Å²) in [4.78, 5) is 23.6. The van der Waals surface area contributed by atoms with E-state index in [1.165, 1.54) is 38.4 Å². The number of rotatable bonds is 8. The summed E-state index contributed by atoms with van der Waals surface area (Å²) in [5, 5.41) is 7.52. The van der Waals surface area contributed by atoms with Crippen LogP contribution in [-0.2, 0) is 24.6 Å². The van der Waals surface area contributed by atoms with E-state index in [4.69, 9.17) is 0 Å². The summed E-state index contributed by atoms with van der Waals surface area (Å²) in [6.07, 6.45) is 2.16. The molecule has 0 bridgehead atoms. The molecule has 1 aromatic heterocycles. The van der Waals surface area contributed by atoms with Gasteiger partial charge in [0.05, 0.1) is 13.2 Å². The van der Waals surface area contributed by atoms with Crippen molar-refractivity contribution in [2.45, 2.75) is 25.4 Å². The van der Waals surface area contributed by atoms with Crippen molar-refractivity contribution in [1.82, 2.24) is 4.98 Å². The average molecular weight is 339 g/mol. The molecule has 0 saturated carbocycles. The van der Waals surface area contributed by atoms with E-state index < -0.39 is 26.7 Å². The lowest BCUT2D eigenvalue weighted by Crippen LogP contribution is -2.33. The van der Waals surface area contributed by atoms with Gasteiger partial charge in [-0.1, -0.05) is 6.07 Å². The second kappa shape index (κ2) is 7.11. The highest BCUT2D eigenvalue weighted by molar-refractivity contribution is 7.72. The van der Waals surface area contributed by atoms with Gasteiger partial charge in [-0.15, -0.1) is 0 Å². The van der Waals surface area contributed by atoms with E-state index in [-0.39, 0.29) is 13.2 Å². The van der Waals surface area contributed by atoms with Gasteiger partial charge >= 0.3 is 15.2 Å². The van der Waals surface area contributed by atoms with Crippen molar-refractivity contribution < 1.29 is 33.1 Å². The summed E-state index contributed by atoms with van der Waals surface area (Å²) in [7, 11) is -9.68. The lowest BCUT2D eigenvalue weighted by molar-refractivity contribution is 0.106. The molecule has 0 spiro atoms. The van der Waals surface area contributed by atoms with E-state index in [0.29, 0.717) is 5.56 Å². The van der Waals surface area contributed by atoms with Crippen molar-refractivity contribution in [3.63, 3.8) is 0 Å². The van der Waals surface area contributed by atoms with Gasteiger partial charge in [0.2, 0.25) is 0 Å². The first kappa shape index (κ1) is 18.5. The molecule has 0 amide bonds. The standard InChI is InChI=1S/C11H19NO7P2/c1-3-18-20(14,15)11(13,21(16,17)19-4-2)8-10-6-5-7-12-9-10/h5-7,9,13H,3-4,8H2,1-2H3,(H,14,15)(H,16,17). The molecule has 2 atom stereocenters. The van der Waals surface area contributed by atoms with Crippen molar-refractivity contribution in [3.05, 3.63) is 30.1 Å².